The summed E-state index contributed by atoms with van der Waals surface area (Å²) < 4.78 is 65.4. The summed E-state index contributed by atoms with van der Waals surface area (Å²) >= 11 is 0. The van der Waals surface area contributed by atoms with Crippen LogP contribution in [0.5, 0.6) is 0 Å². The van der Waals surface area contributed by atoms with Gasteiger partial charge in [0.1, 0.15) is 0 Å². The molecule has 1 aromatic rings. The average molecular weight is 419 g/mol. The highest BCUT2D eigenvalue weighted by Crippen LogP contribution is 2.25. The van der Waals surface area contributed by atoms with Crippen LogP contribution < -0.4 is 4.72 Å². The van der Waals surface area contributed by atoms with E-state index in [4.69, 9.17) is 9.47 Å². The molecule has 1 N–H and O–H groups in total. The van der Waals surface area contributed by atoms with Gasteiger partial charge in [-0.1, -0.05) is 0 Å². The van der Waals surface area contributed by atoms with Crippen LogP contribution in [0.4, 0.5) is 0 Å². The summed E-state index contributed by atoms with van der Waals surface area (Å²) in [5.74, 6) is 0. The van der Waals surface area contributed by atoms with Gasteiger partial charge in [0.25, 0.3) is 0 Å². The highest BCUT2D eigenvalue weighted by atomic mass is 32.2. The van der Waals surface area contributed by atoms with Gasteiger partial charge in [-0.2, -0.15) is 4.31 Å². The maximum Gasteiger partial charge on any atom is 0.243 e. The standard InChI is InChI=1S/C17H26N2O6S2/c1-17(2)13-14(7-10-25-17)18-26(20,21)15-3-5-16(6-4-15)27(22,23)19-8-11-24-12-9-19/h3-6,14,18H,7-13H2,1-2H3. The van der Waals surface area contributed by atoms with Crippen molar-refractivity contribution in [1.82, 2.24) is 9.03 Å². The molecule has 0 saturated carbocycles. The molecule has 8 nitrogen and oxygen atoms in total. The normalized spacial score (nSPS) is 24.6. The summed E-state index contributed by atoms with van der Waals surface area (Å²) in [6.07, 6.45) is 1.18. The maximum absolute atomic E-state index is 12.6. The van der Waals surface area contributed by atoms with Crippen molar-refractivity contribution in [2.45, 2.75) is 48.1 Å². The van der Waals surface area contributed by atoms with Gasteiger partial charge in [0, 0.05) is 25.7 Å². The highest BCUT2D eigenvalue weighted by molar-refractivity contribution is 7.89. The molecule has 1 atom stereocenters. The fraction of sp³-hybridized carbons (Fsp3) is 0.647. The molecule has 3 rings (SSSR count). The van der Waals surface area contributed by atoms with Crippen molar-refractivity contribution in [2.24, 2.45) is 0 Å². The summed E-state index contributed by atoms with van der Waals surface area (Å²) in [7, 11) is -7.38. The van der Waals surface area contributed by atoms with Gasteiger partial charge >= 0.3 is 0 Å². The Morgan fingerprint density at radius 1 is 1.00 bits per heavy atom. The third-order valence-corrected chi connectivity index (χ3v) is 8.21. The molecule has 0 spiro atoms. The predicted octanol–water partition coefficient (Wildman–Crippen LogP) is 0.943. The number of morpholine rings is 1. The summed E-state index contributed by atoms with van der Waals surface area (Å²) in [4.78, 5) is 0.128. The Morgan fingerprint density at radius 2 is 1.59 bits per heavy atom. The molecule has 0 aromatic heterocycles. The number of sulfonamides is 2. The van der Waals surface area contributed by atoms with Gasteiger partial charge in [-0.3, -0.25) is 0 Å². The molecule has 0 radical (unpaired) electrons. The zero-order valence-corrected chi connectivity index (χ0v) is 17.2. The van der Waals surface area contributed by atoms with Crippen molar-refractivity contribution in [3.63, 3.8) is 0 Å². The van der Waals surface area contributed by atoms with Gasteiger partial charge in [-0.05, 0) is 51.0 Å². The van der Waals surface area contributed by atoms with Crippen LogP contribution in [0.3, 0.4) is 0 Å². The molecular formula is C17H26N2O6S2. The molecular weight excluding hydrogens is 392 g/mol. The van der Waals surface area contributed by atoms with E-state index in [9.17, 15) is 16.8 Å². The van der Waals surface area contributed by atoms with E-state index in [0.717, 1.165) is 0 Å². The Balaban J connectivity index is 1.74. The van der Waals surface area contributed by atoms with Gasteiger partial charge in [0.05, 0.1) is 28.6 Å². The first-order chi connectivity index (χ1) is 12.6. The molecule has 0 amide bonds. The van der Waals surface area contributed by atoms with E-state index < -0.39 is 20.0 Å². The van der Waals surface area contributed by atoms with Crippen molar-refractivity contribution < 1.29 is 26.3 Å². The van der Waals surface area contributed by atoms with Crippen molar-refractivity contribution >= 4 is 20.0 Å². The maximum atomic E-state index is 12.6. The summed E-state index contributed by atoms with van der Waals surface area (Å²) in [6.45, 7) is 5.66. The SMILES string of the molecule is CC1(C)CC(NS(=O)(=O)c2ccc(S(=O)(=O)N3CCOCC3)cc2)CCO1. The lowest BCUT2D eigenvalue weighted by Gasteiger charge is -2.35. The summed E-state index contributed by atoms with van der Waals surface area (Å²) in [5, 5.41) is 0. The van der Waals surface area contributed by atoms with Gasteiger partial charge in [-0.25, -0.2) is 21.6 Å². The molecule has 0 aliphatic carbocycles. The number of ether oxygens (including phenoxy) is 2. The number of rotatable bonds is 5. The van der Waals surface area contributed by atoms with Crippen LogP contribution in [0.15, 0.2) is 34.1 Å². The number of benzene rings is 1. The number of hydrogen-bond acceptors (Lipinski definition) is 6. The number of nitrogens with one attached hydrogen (secondary N) is 1. The largest absolute Gasteiger partial charge is 0.379 e. The van der Waals surface area contributed by atoms with Gasteiger partial charge in [0.15, 0.2) is 0 Å². The second kappa shape index (κ2) is 7.76. The fourth-order valence-corrected chi connectivity index (χ4v) is 6.03. The second-order valence-electron chi connectivity index (χ2n) is 7.41. The Hall–Kier alpha value is -1.04. The van der Waals surface area contributed by atoms with Crippen molar-refractivity contribution in [1.29, 1.82) is 0 Å². The molecule has 2 aliphatic rings. The highest BCUT2D eigenvalue weighted by Gasteiger charge is 2.32. The Bertz CT molecular complexity index is 859. The fourth-order valence-electron chi connectivity index (χ4n) is 3.35. The minimum atomic E-state index is -3.73. The Morgan fingerprint density at radius 3 is 2.19 bits per heavy atom. The van der Waals surface area contributed by atoms with E-state index in [0.29, 0.717) is 45.8 Å². The molecule has 0 bridgehead atoms. The molecule has 2 aliphatic heterocycles. The van der Waals surface area contributed by atoms with Crippen LogP contribution in [0.2, 0.25) is 0 Å². The van der Waals surface area contributed by atoms with Gasteiger partial charge in [-0.15, -0.1) is 0 Å². The average Bonchev–Trinajstić information content (AvgIpc) is 2.61. The molecule has 1 unspecified atom stereocenters. The van der Waals surface area contributed by atoms with E-state index in [-0.39, 0.29) is 21.4 Å². The monoisotopic (exact) mass is 418 g/mol. The van der Waals surface area contributed by atoms with E-state index in [1.165, 1.54) is 28.6 Å². The third-order valence-electron chi connectivity index (χ3n) is 4.76. The van der Waals surface area contributed by atoms with Crippen LogP contribution in [0.1, 0.15) is 26.7 Å². The molecule has 2 heterocycles. The van der Waals surface area contributed by atoms with Crippen molar-refractivity contribution in [3.05, 3.63) is 24.3 Å². The zero-order chi connectivity index (χ0) is 19.7. The van der Waals surface area contributed by atoms with Crippen LogP contribution in [-0.2, 0) is 29.5 Å². The summed E-state index contributed by atoms with van der Waals surface area (Å²) in [6, 6.07) is 5.14. The van der Waals surface area contributed by atoms with Crippen LogP contribution in [0.25, 0.3) is 0 Å². The van der Waals surface area contributed by atoms with E-state index >= 15 is 0 Å². The first-order valence-electron chi connectivity index (χ1n) is 8.94. The van der Waals surface area contributed by atoms with Gasteiger partial charge < -0.3 is 9.47 Å². The Kier molecular flexibility index (Phi) is 5.95. The smallest absolute Gasteiger partial charge is 0.243 e. The Labute approximate surface area is 160 Å². The lowest BCUT2D eigenvalue weighted by Crippen LogP contribution is -2.45. The topological polar surface area (TPSA) is 102 Å². The minimum Gasteiger partial charge on any atom is -0.379 e. The number of hydrogen-bond donors (Lipinski definition) is 1. The summed E-state index contributed by atoms with van der Waals surface area (Å²) in [5.41, 5.74) is -0.373. The van der Waals surface area contributed by atoms with E-state index in [2.05, 4.69) is 4.72 Å². The van der Waals surface area contributed by atoms with Crippen LogP contribution >= 0.6 is 0 Å². The molecule has 10 heteroatoms. The first-order valence-corrected chi connectivity index (χ1v) is 11.9. The third kappa shape index (κ3) is 4.87. The van der Waals surface area contributed by atoms with Gasteiger partial charge in [0.2, 0.25) is 20.0 Å². The molecule has 152 valence electrons. The minimum absolute atomic E-state index is 0.0488. The molecule has 1 aromatic carbocycles. The van der Waals surface area contributed by atoms with Crippen LogP contribution in [0, 0.1) is 0 Å². The number of nitrogens with zero attached hydrogens (tertiary/aromatic N) is 1. The molecule has 27 heavy (non-hydrogen) atoms. The second-order valence-corrected chi connectivity index (χ2v) is 11.1. The predicted molar refractivity (Wildman–Crippen MR) is 99.4 cm³/mol. The zero-order valence-electron chi connectivity index (χ0n) is 15.5. The molecule has 2 fully saturated rings. The first kappa shape index (κ1) is 20.7. The van der Waals surface area contributed by atoms with E-state index in [1.807, 2.05) is 13.8 Å². The van der Waals surface area contributed by atoms with E-state index in [1.54, 1.807) is 0 Å². The molecule has 2 saturated heterocycles. The lowest BCUT2D eigenvalue weighted by atomic mass is 9.95. The lowest BCUT2D eigenvalue weighted by molar-refractivity contribution is -0.0599. The van der Waals surface area contributed by atoms with Crippen molar-refractivity contribution in [2.75, 3.05) is 32.9 Å². The van der Waals surface area contributed by atoms with Crippen LogP contribution in [-0.4, -0.2) is 65.7 Å². The van der Waals surface area contributed by atoms with Crippen molar-refractivity contribution in [3.8, 4) is 0 Å². The quantitative estimate of drug-likeness (QED) is 0.764.